The van der Waals surface area contributed by atoms with Crippen LogP contribution in [0.25, 0.3) is 0 Å². The Bertz CT molecular complexity index is 959. The van der Waals surface area contributed by atoms with Crippen molar-refractivity contribution in [1.29, 1.82) is 0 Å². The highest BCUT2D eigenvalue weighted by Gasteiger charge is 2.29. The van der Waals surface area contributed by atoms with Gasteiger partial charge in [-0.05, 0) is 36.1 Å². The van der Waals surface area contributed by atoms with E-state index in [0.717, 1.165) is 15.9 Å². The first-order chi connectivity index (χ1) is 13.3. The van der Waals surface area contributed by atoms with Crippen LogP contribution in [0.2, 0.25) is 0 Å². The Labute approximate surface area is 177 Å². The number of non-ortho nitro benzene ring substituents is 1. The fraction of sp³-hybridized carbons (Fsp3) is 0.333. The Morgan fingerprint density at radius 3 is 2.32 bits per heavy atom. The molecule has 0 saturated carbocycles. The molecule has 0 atom stereocenters. The third-order valence-corrected chi connectivity index (χ3v) is 7.82. The largest absolute Gasteiger partial charge is 0.368 e. The minimum Gasteiger partial charge on any atom is -0.368 e. The number of hydrogen-bond acceptors (Lipinski definition) is 6. The first kappa shape index (κ1) is 21.1. The smallest absolute Gasteiger partial charge is 0.269 e. The number of anilines is 1. The van der Waals surface area contributed by atoms with Gasteiger partial charge >= 0.3 is 0 Å². The molecule has 1 fully saturated rings. The summed E-state index contributed by atoms with van der Waals surface area (Å²) in [4.78, 5) is 13.7. The monoisotopic (exact) mass is 485 g/mol. The van der Waals surface area contributed by atoms with Gasteiger partial charge in [-0.2, -0.15) is 4.31 Å². The van der Waals surface area contributed by atoms with Crippen molar-refractivity contribution in [3.63, 3.8) is 0 Å². The number of nitro benzene ring substituents is 1. The lowest BCUT2D eigenvalue weighted by Crippen LogP contribution is -2.48. The van der Waals surface area contributed by atoms with Crippen molar-refractivity contribution in [1.82, 2.24) is 4.31 Å². The van der Waals surface area contributed by atoms with Gasteiger partial charge in [-0.3, -0.25) is 10.1 Å². The molecule has 10 heteroatoms. The number of nitro groups is 1. The van der Waals surface area contributed by atoms with Crippen molar-refractivity contribution < 1.29 is 13.3 Å². The number of rotatable bonds is 6. The highest BCUT2D eigenvalue weighted by atomic mass is 79.9. The number of sulfonamides is 1. The van der Waals surface area contributed by atoms with Crippen molar-refractivity contribution in [2.24, 2.45) is 0 Å². The number of piperazine rings is 1. The zero-order valence-electron chi connectivity index (χ0n) is 15.2. The van der Waals surface area contributed by atoms with Crippen molar-refractivity contribution in [2.75, 3.05) is 36.8 Å². The van der Waals surface area contributed by atoms with Crippen LogP contribution < -0.4 is 4.90 Å². The molecule has 1 saturated heterocycles. The van der Waals surface area contributed by atoms with E-state index >= 15 is 0 Å². The highest BCUT2D eigenvalue weighted by Crippen LogP contribution is 2.34. The van der Waals surface area contributed by atoms with Crippen molar-refractivity contribution in [3.8, 4) is 0 Å². The average Bonchev–Trinajstić information content (AvgIpc) is 2.68. The van der Waals surface area contributed by atoms with E-state index in [2.05, 4.69) is 39.9 Å². The molecule has 2 aromatic carbocycles. The quantitative estimate of drug-likeness (QED) is 0.349. The number of hydrogen-bond donors (Lipinski definition) is 0. The van der Waals surface area contributed by atoms with E-state index in [-0.39, 0.29) is 10.6 Å². The molecule has 0 bridgehead atoms. The molecule has 2 aromatic rings. The van der Waals surface area contributed by atoms with Gasteiger partial charge in [0.15, 0.2) is 0 Å². The van der Waals surface area contributed by atoms with Crippen LogP contribution in [0.3, 0.4) is 0 Å². The molecule has 0 amide bonds. The van der Waals surface area contributed by atoms with Crippen LogP contribution in [0, 0.1) is 10.1 Å². The van der Waals surface area contributed by atoms with E-state index in [4.69, 9.17) is 0 Å². The molecule has 1 aliphatic heterocycles. The van der Waals surface area contributed by atoms with Gasteiger partial charge in [0.2, 0.25) is 10.0 Å². The van der Waals surface area contributed by atoms with Gasteiger partial charge in [0.05, 0.1) is 15.5 Å². The van der Waals surface area contributed by atoms with Crippen LogP contribution in [-0.2, 0) is 10.0 Å². The van der Waals surface area contributed by atoms with Crippen molar-refractivity contribution in [2.45, 2.75) is 16.7 Å². The lowest BCUT2D eigenvalue weighted by atomic mass is 10.2. The number of benzene rings is 2. The summed E-state index contributed by atoms with van der Waals surface area (Å²) in [6.45, 7) is 4.01. The SMILES string of the molecule is CCSc1cc(Br)ccc1N1CCN(S(=O)(=O)c2ccc([N+](=O)[O-])cc2)CC1. The van der Waals surface area contributed by atoms with Crippen LogP contribution in [0.4, 0.5) is 11.4 Å². The number of halogens is 1. The van der Waals surface area contributed by atoms with E-state index in [1.165, 1.54) is 33.5 Å². The van der Waals surface area contributed by atoms with Crippen LogP contribution >= 0.6 is 27.7 Å². The molecule has 7 nitrogen and oxygen atoms in total. The zero-order valence-corrected chi connectivity index (χ0v) is 18.5. The Balaban J connectivity index is 1.73. The summed E-state index contributed by atoms with van der Waals surface area (Å²) in [6.07, 6.45) is 0. The van der Waals surface area contributed by atoms with E-state index in [9.17, 15) is 18.5 Å². The summed E-state index contributed by atoms with van der Waals surface area (Å²) in [5, 5.41) is 10.8. The van der Waals surface area contributed by atoms with Gasteiger partial charge in [-0.25, -0.2) is 8.42 Å². The first-order valence-electron chi connectivity index (χ1n) is 8.75. The van der Waals surface area contributed by atoms with E-state index in [1.807, 2.05) is 6.07 Å². The van der Waals surface area contributed by atoms with Crippen LogP contribution in [-0.4, -0.2) is 49.6 Å². The van der Waals surface area contributed by atoms with Crippen LogP contribution in [0.5, 0.6) is 0 Å². The molecule has 3 rings (SSSR count). The summed E-state index contributed by atoms with van der Waals surface area (Å²) in [7, 11) is -3.67. The normalized spacial score (nSPS) is 15.6. The Morgan fingerprint density at radius 1 is 1.11 bits per heavy atom. The van der Waals surface area contributed by atoms with Crippen molar-refractivity contribution in [3.05, 3.63) is 57.1 Å². The summed E-state index contributed by atoms with van der Waals surface area (Å²) in [5.74, 6) is 0.956. The van der Waals surface area contributed by atoms with Gasteiger partial charge in [0.1, 0.15) is 0 Å². The third kappa shape index (κ3) is 4.51. The molecule has 150 valence electrons. The minimum atomic E-state index is -3.67. The standard InChI is InChI=1S/C18H20BrN3O4S2/c1-2-27-18-13-14(19)3-8-17(18)20-9-11-21(12-10-20)28(25,26)16-6-4-15(5-7-16)22(23)24/h3-8,13H,2,9-12H2,1H3. The molecule has 1 aliphatic rings. The first-order valence-corrected chi connectivity index (χ1v) is 12.0. The molecule has 0 N–H and O–H groups in total. The second-order valence-electron chi connectivity index (χ2n) is 6.19. The van der Waals surface area contributed by atoms with Gasteiger partial charge < -0.3 is 4.90 Å². The molecular weight excluding hydrogens is 466 g/mol. The lowest BCUT2D eigenvalue weighted by molar-refractivity contribution is -0.384. The van der Waals surface area contributed by atoms with Gasteiger partial charge in [0.25, 0.3) is 5.69 Å². The number of nitrogens with zero attached hydrogens (tertiary/aromatic N) is 3. The maximum atomic E-state index is 12.9. The third-order valence-electron chi connectivity index (χ3n) is 4.49. The van der Waals surface area contributed by atoms with E-state index in [1.54, 1.807) is 11.8 Å². The molecular formula is C18H20BrN3O4S2. The Kier molecular flexibility index (Phi) is 6.64. The summed E-state index contributed by atoms with van der Waals surface area (Å²) in [6, 6.07) is 11.2. The van der Waals surface area contributed by atoms with Gasteiger partial charge in [-0.15, -0.1) is 11.8 Å². The molecule has 1 heterocycles. The molecule has 28 heavy (non-hydrogen) atoms. The average molecular weight is 486 g/mol. The van der Waals surface area contributed by atoms with E-state index in [0.29, 0.717) is 26.2 Å². The van der Waals surface area contributed by atoms with Crippen LogP contribution in [0.1, 0.15) is 6.92 Å². The van der Waals surface area contributed by atoms with Crippen molar-refractivity contribution >= 4 is 49.1 Å². The molecule has 0 radical (unpaired) electrons. The molecule has 0 aromatic heterocycles. The topological polar surface area (TPSA) is 83.8 Å². The molecule has 0 unspecified atom stereocenters. The van der Waals surface area contributed by atoms with E-state index < -0.39 is 14.9 Å². The van der Waals surface area contributed by atoms with Crippen LogP contribution in [0.15, 0.2) is 56.7 Å². The second-order valence-corrected chi connectivity index (χ2v) is 10.3. The lowest BCUT2D eigenvalue weighted by Gasteiger charge is -2.36. The zero-order chi connectivity index (χ0) is 20.3. The Hall–Kier alpha value is -1.62. The fourth-order valence-electron chi connectivity index (χ4n) is 3.08. The Morgan fingerprint density at radius 2 is 1.75 bits per heavy atom. The maximum absolute atomic E-state index is 12.9. The molecule has 0 aliphatic carbocycles. The fourth-order valence-corrected chi connectivity index (χ4v) is 5.88. The summed E-state index contributed by atoms with van der Waals surface area (Å²) in [5.41, 5.74) is 0.988. The maximum Gasteiger partial charge on any atom is 0.269 e. The second kappa shape index (κ2) is 8.81. The minimum absolute atomic E-state index is 0.0809. The van der Waals surface area contributed by atoms with Gasteiger partial charge in [-0.1, -0.05) is 22.9 Å². The highest BCUT2D eigenvalue weighted by molar-refractivity contribution is 9.10. The number of thioether (sulfide) groups is 1. The summed E-state index contributed by atoms with van der Waals surface area (Å²) >= 11 is 5.26. The van der Waals surface area contributed by atoms with Gasteiger partial charge in [0, 0.05) is 47.7 Å². The predicted molar refractivity (Wildman–Crippen MR) is 115 cm³/mol. The molecule has 0 spiro atoms. The predicted octanol–water partition coefficient (Wildman–Crippen LogP) is 3.98. The summed E-state index contributed by atoms with van der Waals surface area (Å²) < 4.78 is 28.2.